The lowest BCUT2D eigenvalue weighted by Gasteiger charge is -2.12. The topological polar surface area (TPSA) is 26.3 Å². The van der Waals surface area contributed by atoms with Crippen LogP contribution >= 0.6 is 0 Å². The molecule has 1 unspecified atom stereocenters. The van der Waals surface area contributed by atoms with Crippen molar-refractivity contribution >= 4 is 5.97 Å². The maximum atomic E-state index is 11.9. The highest BCUT2D eigenvalue weighted by Gasteiger charge is 2.16. The van der Waals surface area contributed by atoms with Crippen LogP contribution in [0.2, 0.25) is 0 Å². The van der Waals surface area contributed by atoms with Gasteiger partial charge >= 0.3 is 5.97 Å². The Morgan fingerprint density at radius 1 is 0.655 bits per heavy atom. The third kappa shape index (κ3) is 19.0. The second-order valence-corrected chi connectivity index (χ2v) is 6.89. The van der Waals surface area contributed by atoms with E-state index < -0.39 is 0 Å². The fraction of sp³-hybridized carbons (Fsp3) is 0.519. The predicted molar refractivity (Wildman–Crippen MR) is 128 cm³/mol. The Kier molecular flexibility index (Phi) is 20.6. The van der Waals surface area contributed by atoms with Crippen LogP contribution in [0, 0.1) is 5.92 Å². The molecule has 1 atom stereocenters. The van der Waals surface area contributed by atoms with E-state index in [1.807, 2.05) is 6.92 Å². The first-order valence-corrected chi connectivity index (χ1v) is 11.3. The Morgan fingerprint density at radius 3 is 1.45 bits per heavy atom. The molecule has 2 heteroatoms. The zero-order chi connectivity index (χ0) is 21.4. The smallest absolute Gasteiger partial charge is 0.309 e. The fourth-order valence-corrected chi connectivity index (χ4v) is 2.72. The molecule has 0 saturated heterocycles. The van der Waals surface area contributed by atoms with Crippen LogP contribution in [0.4, 0.5) is 0 Å². The van der Waals surface area contributed by atoms with Crippen molar-refractivity contribution in [3.05, 3.63) is 72.9 Å². The van der Waals surface area contributed by atoms with E-state index in [4.69, 9.17) is 4.74 Å². The summed E-state index contributed by atoms with van der Waals surface area (Å²) in [6, 6.07) is 0. The number of ether oxygens (including phenoxy) is 1. The molecule has 0 aromatic carbocycles. The van der Waals surface area contributed by atoms with E-state index in [1.54, 1.807) is 0 Å². The number of hydrogen-bond donors (Lipinski definition) is 0. The van der Waals surface area contributed by atoms with Crippen molar-refractivity contribution in [2.24, 2.45) is 5.92 Å². The lowest BCUT2D eigenvalue weighted by molar-refractivity contribution is -0.148. The quantitative estimate of drug-likeness (QED) is 0.183. The van der Waals surface area contributed by atoms with Crippen LogP contribution in [0.3, 0.4) is 0 Å². The second kappa shape index (κ2) is 22.2. The highest BCUT2D eigenvalue weighted by atomic mass is 16.5. The Bertz CT molecular complexity index is 547. The average Bonchev–Trinajstić information content (AvgIpc) is 2.72. The first-order valence-electron chi connectivity index (χ1n) is 11.3. The minimum atomic E-state index is -0.0612. The van der Waals surface area contributed by atoms with Crippen molar-refractivity contribution in [1.29, 1.82) is 0 Å². The van der Waals surface area contributed by atoms with Gasteiger partial charge < -0.3 is 4.74 Å². The molecule has 0 aliphatic heterocycles. The minimum absolute atomic E-state index is 0.00422. The van der Waals surface area contributed by atoms with Crippen molar-refractivity contribution in [3.8, 4) is 0 Å². The molecule has 0 N–H and O–H groups in total. The Labute approximate surface area is 179 Å². The zero-order valence-corrected chi connectivity index (χ0v) is 18.9. The number of rotatable bonds is 17. The van der Waals surface area contributed by atoms with Gasteiger partial charge in [-0.15, -0.1) is 0 Å². The number of allylic oxidation sites excluding steroid dienone is 12. The van der Waals surface area contributed by atoms with Gasteiger partial charge in [-0.25, -0.2) is 0 Å². The fourth-order valence-electron chi connectivity index (χ4n) is 2.72. The van der Waals surface area contributed by atoms with Gasteiger partial charge in [0.25, 0.3) is 0 Å². The van der Waals surface area contributed by atoms with Gasteiger partial charge in [0.2, 0.25) is 0 Å². The van der Waals surface area contributed by atoms with Gasteiger partial charge in [-0.2, -0.15) is 0 Å². The molecule has 29 heavy (non-hydrogen) atoms. The standard InChI is InChI=1S/C27H42O2/c1-4-7-8-9-10-11-12-13-14-15-16-17-18-19-20-21-22-23-25-26(24-5-2)27(28)29-6-3/h7-8,10-11,13-14,16-17,19-20,22-23,26H,4-6,9,12,15,18,21,24-25H2,1-3H3/b8-7-,11-10-,14-13-,17-16-,20-19-,23-22+. The Balaban J connectivity index is 3.81. The van der Waals surface area contributed by atoms with Gasteiger partial charge in [0.15, 0.2) is 0 Å². The molecular weight excluding hydrogens is 356 g/mol. The van der Waals surface area contributed by atoms with Crippen LogP contribution in [0.25, 0.3) is 0 Å². The number of carbonyl (C=O) groups excluding carboxylic acids is 1. The van der Waals surface area contributed by atoms with E-state index in [-0.39, 0.29) is 11.9 Å². The largest absolute Gasteiger partial charge is 0.466 e. The summed E-state index contributed by atoms with van der Waals surface area (Å²) in [5, 5.41) is 0. The summed E-state index contributed by atoms with van der Waals surface area (Å²) in [6.45, 7) is 6.58. The van der Waals surface area contributed by atoms with E-state index in [0.717, 1.165) is 57.8 Å². The maximum absolute atomic E-state index is 11.9. The Hall–Kier alpha value is -2.09. The van der Waals surface area contributed by atoms with Crippen molar-refractivity contribution in [1.82, 2.24) is 0 Å². The molecule has 162 valence electrons. The second-order valence-electron chi connectivity index (χ2n) is 6.89. The molecule has 2 nitrogen and oxygen atoms in total. The van der Waals surface area contributed by atoms with Crippen LogP contribution in [-0.4, -0.2) is 12.6 Å². The van der Waals surface area contributed by atoms with Gasteiger partial charge in [0.1, 0.15) is 0 Å². The molecule has 0 aromatic heterocycles. The number of esters is 1. The van der Waals surface area contributed by atoms with Gasteiger partial charge in [0, 0.05) is 0 Å². The van der Waals surface area contributed by atoms with E-state index >= 15 is 0 Å². The first-order chi connectivity index (χ1) is 14.3. The monoisotopic (exact) mass is 398 g/mol. The summed E-state index contributed by atoms with van der Waals surface area (Å²) < 4.78 is 5.14. The van der Waals surface area contributed by atoms with Gasteiger partial charge in [0.05, 0.1) is 12.5 Å². The normalized spacial score (nSPS) is 13.9. The third-order valence-electron chi connectivity index (χ3n) is 4.27. The van der Waals surface area contributed by atoms with Crippen LogP contribution in [-0.2, 0) is 9.53 Å². The molecule has 0 aliphatic carbocycles. The summed E-state index contributed by atoms with van der Waals surface area (Å²) in [6.07, 6.45) is 35.0. The summed E-state index contributed by atoms with van der Waals surface area (Å²) in [5.74, 6) is -0.0570. The molecule has 0 bridgehead atoms. The highest BCUT2D eigenvalue weighted by molar-refractivity contribution is 5.72. The van der Waals surface area contributed by atoms with Crippen molar-refractivity contribution in [2.75, 3.05) is 6.61 Å². The van der Waals surface area contributed by atoms with Crippen LogP contribution < -0.4 is 0 Å². The summed E-state index contributed by atoms with van der Waals surface area (Å²) in [7, 11) is 0. The molecule has 0 amide bonds. The zero-order valence-electron chi connectivity index (χ0n) is 18.9. The van der Waals surface area contributed by atoms with E-state index in [1.165, 1.54) is 0 Å². The molecule has 0 aliphatic rings. The minimum Gasteiger partial charge on any atom is -0.466 e. The molecule has 0 radical (unpaired) electrons. The number of carbonyl (C=O) groups is 1. The van der Waals surface area contributed by atoms with Gasteiger partial charge in [-0.05, 0) is 58.3 Å². The van der Waals surface area contributed by atoms with E-state index in [2.05, 4.69) is 86.8 Å². The molecule has 0 spiro atoms. The maximum Gasteiger partial charge on any atom is 0.309 e. The summed E-state index contributed by atoms with van der Waals surface area (Å²) in [5.41, 5.74) is 0. The SMILES string of the molecule is CC/C=C\C/C=C\C/C=C\C/C=C\C/C=C\C/C=C/CC(CCC)C(=O)OCC. The average molecular weight is 399 g/mol. The van der Waals surface area contributed by atoms with Crippen LogP contribution in [0.1, 0.15) is 78.6 Å². The van der Waals surface area contributed by atoms with Crippen LogP contribution in [0.15, 0.2) is 72.9 Å². The molecule has 0 fully saturated rings. The van der Waals surface area contributed by atoms with Crippen molar-refractivity contribution in [2.45, 2.75) is 78.6 Å². The molecule has 0 saturated carbocycles. The highest BCUT2D eigenvalue weighted by Crippen LogP contribution is 2.14. The molecule has 0 heterocycles. The van der Waals surface area contributed by atoms with Gasteiger partial charge in [-0.1, -0.05) is 93.2 Å². The van der Waals surface area contributed by atoms with Crippen molar-refractivity contribution < 1.29 is 9.53 Å². The lowest BCUT2D eigenvalue weighted by Crippen LogP contribution is -2.17. The van der Waals surface area contributed by atoms with E-state index in [0.29, 0.717) is 6.61 Å². The number of hydrogen-bond acceptors (Lipinski definition) is 2. The predicted octanol–water partition coefficient (Wildman–Crippen LogP) is 8.05. The van der Waals surface area contributed by atoms with Gasteiger partial charge in [-0.3, -0.25) is 4.79 Å². The van der Waals surface area contributed by atoms with Crippen LogP contribution in [0.5, 0.6) is 0 Å². The first kappa shape index (κ1) is 26.9. The van der Waals surface area contributed by atoms with E-state index in [9.17, 15) is 4.79 Å². The molecular formula is C27H42O2. The summed E-state index contributed by atoms with van der Waals surface area (Å²) >= 11 is 0. The Morgan fingerprint density at radius 2 is 1.07 bits per heavy atom. The third-order valence-corrected chi connectivity index (χ3v) is 4.27. The molecule has 0 aromatic rings. The summed E-state index contributed by atoms with van der Waals surface area (Å²) in [4.78, 5) is 11.9. The molecule has 0 rings (SSSR count). The van der Waals surface area contributed by atoms with Crippen molar-refractivity contribution in [3.63, 3.8) is 0 Å². The lowest BCUT2D eigenvalue weighted by atomic mass is 9.99.